The summed E-state index contributed by atoms with van der Waals surface area (Å²) in [5.41, 5.74) is 0.621. The van der Waals surface area contributed by atoms with Crippen LogP contribution in [-0.2, 0) is 28.7 Å². The number of anilines is 1. The van der Waals surface area contributed by atoms with E-state index in [0.29, 0.717) is 35.5 Å². The molecular weight excluding hydrogens is 646 g/mol. The Bertz CT molecular complexity index is 1580. The summed E-state index contributed by atoms with van der Waals surface area (Å²) in [6.07, 6.45) is 3.36. The lowest BCUT2D eigenvalue weighted by Gasteiger charge is -2.39. The molecule has 1 spiro atoms. The van der Waals surface area contributed by atoms with Gasteiger partial charge in [-0.25, -0.2) is 0 Å². The molecule has 3 saturated heterocycles. The Kier molecular flexibility index (Phi) is 11.0. The number of para-hydroxylation sites is 1. The molecule has 1 N–H and O–H groups in total. The molecule has 0 unspecified atom stereocenters. The van der Waals surface area contributed by atoms with Crippen molar-refractivity contribution in [3.63, 3.8) is 0 Å². The lowest BCUT2D eigenvalue weighted by atomic mass is 9.70. The van der Waals surface area contributed by atoms with Gasteiger partial charge in [0.2, 0.25) is 11.8 Å². The molecule has 8 atom stereocenters. The quantitative estimate of drug-likeness (QED) is 0.219. The first-order chi connectivity index (χ1) is 23.4. The Morgan fingerprint density at radius 3 is 2.49 bits per heavy atom. The third-order valence-electron chi connectivity index (χ3n) is 10.4. The second-order valence-electron chi connectivity index (χ2n) is 13.3. The minimum atomic E-state index is -1.33. The Hall–Kier alpha value is -3.99. The number of fused-ring (bicyclic) bond motifs is 1. The lowest BCUT2D eigenvalue weighted by molar-refractivity contribution is -0.165. The first-order valence-corrected chi connectivity index (χ1v) is 17.2. The number of aliphatic hydroxyl groups is 1. The molecule has 5 rings (SSSR count). The van der Waals surface area contributed by atoms with Crippen LogP contribution in [0.3, 0.4) is 0 Å². The van der Waals surface area contributed by atoms with Crippen LogP contribution >= 0.6 is 11.6 Å². The highest BCUT2D eigenvalue weighted by Crippen LogP contribution is 2.59. The highest BCUT2D eigenvalue weighted by molar-refractivity contribution is 6.34. The zero-order valence-corrected chi connectivity index (χ0v) is 29.3. The molecular formula is C38H46ClN3O7. The molecule has 2 aromatic rings. The average molecular weight is 692 g/mol. The van der Waals surface area contributed by atoms with E-state index in [-0.39, 0.29) is 18.9 Å². The Morgan fingerprint density at radius 2 is 1.86 bits per heavy atom. The number of esters is 1. The fourth-order valence-corrected chi connectivity index (χ4v) is 8.18. The zero-order valence-electron chi connectivity index (χ0n) is 28.6. The fraction of sp³-hybridized carbons (Fsp3) is 0.474. The number of allylic oxidation sites excluding steroid dienone is 1. The number of aliphatic hydroxyl groups excluding tert-OH is 1. The van der Waals surface area contributed by atoms with Crippen LogP contribution in [-0.4, -0.2) is 88.6 Å². The SMILES string of the molecule is C=CCCC(=O)N(C)[C@H](C)[C@H](OC(=O)[C@@H]1[C@@H]2CC[C@]3(O2)[C@H](C(=O)N(CC=C)c2c(C)cccc2Cl)N([C@H](C)CO)C(=O)[C@@H]13)c1ccccc1. The van der Waals surface area contributed by atoms with Crippen molar-refractivity contribution in [2.75, 3.05) is 25.1 Å². The third-order valence-corrected chi connectivity index (χ3v) is 10.7. The number of aryl methyl sites for hydroxylation is 1. The van der Waals surface area contributed by atoms with E-state index in [4.69, 9.17) is 21.1 Å². The molecule has 0 radical (unpaired) electrons. The maximum atomic E-state index is 14.8. The van der Waals surface area contributed by atoms with Gasteiger partial charge in [-0.15, -0.1) is 13.2 Å². The van der Waals surface area contributed by atoms with Crippen molar-refractivity contribution in [2.24, 2.45) is 11.8 Å². The van der Waals surface area contributed by atoms with Gasteiger partial charge in [-0.05, 0) is 57.2 Å². The molecule has 11 heteroatoms. The number of benzene rings is 2. The topological polar surface area (TPSA) is 117 Å². The number of halogens is 1. The number of likely N-dealkylation sites (N-methyl/N-ethyl adjacent to an activating group) is 1. The predicted octanol–water partition coefficient (Wildman–Crippen LogP) is 5.02. The number of likely N-dealkylation sites (tertiary alicyclic amines) is 1. The first-order valence-electron chi connectivity index (χ1n) is 16.8. The van der Waals surface area contributed by atoms with E-state index >= 15 is 0 Å². The number of carbonyl (C=O) groups is 4. The Labute approximate surface area is 293 Å². The van der Waals surface area contributed by atoms with Crippen LogP contribution in [0.15, 0.2) is 73.8 Å². The van der Waals surface area contributed by atoms with Crippen LogP contribution in [0.2, 0.25) is 5.02 Å². The number of carbonyl (C=O) groups excluding carboxylic acids is 4. The second kappa shape index (κ2) is 14.9. The van der Waals surface area contributed by atoms with E-state index in [9.17, 15) is 24.3 Å². The number of rotatable bonds is 14. The monoisotopic (exact) mass is 691 g/mol. The molecule has 10 nitrogen and oxygen atoms in total. The van der Waals surface area contributed by atoms with E-state index in [1.54, 1.807) is 43.2 Å². The third kappa shape index (κ3) is 6.42. The van der Waals surface area contributed by atoms with Gasteiger partial charge in [-0.1, -0.05) is 66.2 Å². The van der Waals surface area contributed by atoms with Crippen LogP contribution < -0.4 is 4.90 Å². The molecule has 3 aliphatic heterocycles. The van der Waals surface area contributed by atoms with Crippen molar-refractivity contribution in [3.8, 4) is 0 Å². The normalized spacial score (nSPS) is 25.7. The molecule has 2 bridgehead atoms. The highest BCUT2D eigenvalue weighted by atomic mass is 35.5. The van der Waals surface area contributed by atoms with Crippen molar-refractivity contribution in [1.82, 2.24) is 9.80 Å². The van der Waals surface area contributed by atoms with E-state index < -0.39 is 72.2 Å². The van der Waals surface area contributed by atoms with E-state index in [1.165, 1.54) is 9.80 Å². The molecule has 0 aromatic heterocycles. The van der Waals surface area contributed by atoms with E-state index in [2.05, 4.69) is 13.2 Å². The van der Waals surface area contributed by atoms with Gasteiger partial charge in [-0.2, -0.15) is 0 Å². The van der Waals surface area contributed by atoms with Crippen LogP contribution in [0.5, 0.6) is 0 Å². The van der Waals surface area contributed by atoms with Gasteiger partial charge >= 0.3 is 5.97 Å². The number of ether oxygens (including phenoxy) is 2. The minimum Gasteiger partial charge on any atom is -0.455 e. The minimum absolute atomic E-state index is 0.112. The van der Waals surface area contributed by atoms with Gasteiger partial charge in [0.25, 0.3) is 5.91 Å². The predicted molar refractivity (Wildman–Crippen MR) is 187 cm³/mol. The van der Waals surface area contributed by atoms with Crippen molar-refractivity contribution in [2.45, 2.75) is 82.4 Å². The van der Waals surface area contributed by atoms with Gasteiger partial charge in [-0.3, -0.25) is 19.2 Å². The summed E-state index contributed by atoms with van der Waals surface area (Å²) in [4.78, 5) is 61.1. The molecule has 0 saturated carbocycles. The van der Waals surface area contributed by atoms with Gasteiger partial charge in [0.1, 0.15) is 17.7 Å². The smallest absolute Gasteiger partial charge is 0.313 e. The maximum Gasteiger partial charge on any atom is 0.313 e. The van der Waals surface area contributed by atoms with Gasteiger partial charge < -0.3 is 29.3 Å². The van der Waals surface area contributed by atoms with E-state index in [1.807, 2.05) is 50.2 Å². The van der Waals surface area contributed by atoms with Crippen molar-refractivity contribution in [1.29, 1.82) is 0 Å². The highest BCUT2D eigenvalue weighted by Gasteiger charge is 2.75. The Balaban J connectivity index is 1.51. The molecule has 3 aliphatic rings. The summed E-state index contributed by atoms with van der Waals surface area (Å²) >= 11 is 6.64. The van der Waals surface area contributed by atoms with Crippen LogP contribution in [0.1, 0.15) is 56.8 Å². The molecule has 2 aromatic carbocycles. The van der Waals surface area contributed by atoms with Gasteiger partial charge in [0.15, 0.2) is 0 Å². The zero-order chi connectivity index (χ0) is 35.6. The summed E-state index contributed by atoms with van der Waals surface area (Å²) in [6, 6.07) is 12.1. The molecule has 3 fully saturated rings. The summed E-state index contributed by atoms with van der Waals surface area (Å²) in [7, 11) is 1.68. The molecule has 0 aliphatic carbocycles. The Morgan fingerprint density at radius 1 is 1.14 bits per heavy atom. The molecule has 3 amide bonds. The largest absolute Gasteiger partial charge is 0.455 e. The lowest BCUT2D eigenvalue weighted by Crippen LogP contribution is -2.58. The number of hydrogen-bond acceptors (Lipinski definition) is 7. The van der Waals surface area contributed by atoms with Crippen LogP contribution in [0.4, 0.5) is 5.69 Å². The summed E-state index contributed by atoms with van der Waals surface area (Å²) < 4.78 is 12.9. The first kappa shape index (κ1) is 36.3. The standard InChI is InChI=1S/C38H46ClN3O7/c1-7-9-18-29(44)40(6)25(5)33(26-15-11-10-12-16-26)48-37(47)30-28-19-20-38(49-28)31(30)35(45)42(24(4)22-43)34(38)36(46)41(21-8-2)32-23(3)14-13-17-27(32)39/h7-8,10-17,24-25,28,30-31,33-34,43H,1-2,9,18-22H2,3-6H3/t24-,25-,28+,30-,31-,33+,34+,38-/m1/s1. The number of hydrogen-bond donors (Lipinski definition) is 1. The molecule has 49 heavy (non-hydrogen) atoms. The fourth-order valence-electron chi connectivity index (χ4n) is 7.86. The van der Waals surface area contributed by atoms with Crippen LogP contribution in [0, 0.1) is 18.8 Å². The summed E-state index contributed by atoms with van der Waals surface area (Å²) in [5, 5.41) is 10.7. The second-order valence-corrected chi connectivity index (χ2v) is 13.7. The van der Waals surface area contributed by atoms with Gasteiger partial charge in [0.05, 0.1) is 47.3 Å². The summed E-state index contributed by atoms with van der Waals surface area (Å²) in [6.45, 7) is 12.6. The number of amides is 3. The van der Waals surface area contributed by atoms with Crippen molar-refractivity contribution < 1.29 is 33.8 Å². The molecule has 3 heterocycles. The maximum absolute atomic E-state index is 14.8. The number of nitrogens with zero attached hydrogens (tertiary/aromatic N) is 3. The van der Waals surface area contributed by atoms with Crippen LogP contribution in [0.25, 0.3) is 0 Å². The summed E-state index contributed by atoms with van der Waals surface area (Å²) in [5.74, 6) is -3.64. The van der Waals surface area contributed by atoms with Crippen molar-refractivity contribution in [3.05, 3.63) is 90.0 Å². The molecule has 262 valence electrons. The van der Waals surface area contributed by atoms with Gasteiger partial charge in [0, 0.05) is 20.0 Å². The van der Waals surface area contributed by atoms with Crippen molar-refractivity contribution >= 4 is 41.0 Å². The average Bonchev–Trinajstić information content (AvgIpc) is 3.75. The van der Waals surface area contributed by atoms with E-state index in [0.717, 1.165) is 5.56 Å².